The molecule has 1 aromatic carbocycles. The van der Waals surface area contributed by atoms with Crippen molar-refractivity contribution >= 4 is 17.4 Å². The van der Waals surface area contributed by atoms with Gasteiger partial charge >= 0.3 is 0 Å². The molecule has 82 valence electrons. The molecule has 0 bridgehead atoms. The fraction of sp³-hybridized carbons (Fsp3) is 0. The van der Waals surface area contributed by atoms with Gasteiger partial charge in [-0.25, -0.2) is 4.52 Å². The zero-order chi connectivity index (χ0) is 11.5. The predicted octanol–water partition coefficient (Wildman–Crippen LogP) is 3.08. The first-order valence-electron chi connectivity index (χ1n) is 5.45. The maximum atomic E-state index is 4.40. The highest BCUT2D eigenvalue weighted by Gasteiger charge is 1.96. The van der Waals surface area contributed by atoms with E-state index in [9.17, 15) is 0 Å². The summed E-state index contributed by atoms with van der Waals surface area (Å²) < 4.78 is 1.84. The number of fused-ring (bicyclic) bond motifs is 1. The van der Waals surface area contributed by atoms with Crippen LogP contribution in [0.4, 0.5) is 5.69 Å². The molecule has 0 unspecified atom stereocenters. The van der Waals surface area contributed by atoms with E-state index in [0.29, 0.717) is 0 Å². The van der Waals surface area contributed by atoms with E-state index in [4.69, 9.17) is 0 Å². The molecule has 0 amide bonds. The van der Waals surface area contributed by atoms with Crippen LogP contribution in [0.25, 0.3) is 5.52 Å². The van der Waals surface area contributed by atoms with Crippen LogP contribution in [0, 0.1) is 0 Å². The number of para-hydroxylation sites is 1. The third-order valence-electron chi connectivity index (χ3n) is 2.49. The van der Waals surface area contributed by atoms with Gasteiger partial charge in [-0.1, -0.05) is 24.3 Å². The second-order valence-corrected chi connectivity index (χ2v) is 3.73. The van der Waals surface area contributed by atoms with Crippen LogP contribution < -0.4 is 0 Å². The van der Waals surface area contributed by atoms with Crippen molar-refractivity contribution in [1.82, 2.24) is 9.61 Å². The number of benzene rings is 1. The summed E-state index contributed by atoms with van der Waals surface area (Å²) in [5.41, 5.74) is 2.87. The van der Waals surface area contributed by atoms with Crippen LogP contribution in [-0.4, -0.2) is 15.8 Å². The average molecular weight is 221 g/mol. The highest BCUT2D eigenvalue weighted by molar-refractivity contribution is 5.81. The van der Waals surface area contributed by atoms with Gasteiger partial charge in [0, 0.05) is 6.20 Å². The average Bonchev–Trinajstić information content (AvgIpc) is 2.80. The van der Waals surface area contributed by atoms with Gasteiger partial charge in [0.15, 0.2) is 0 Å². The minimum absolute atomic E-state index is 0.861. The van der Waals surface area contributed by atoms with E-state index in [0.717, 1.165) is 16.9 Å². The van der Waals surface area contributed by atoms with Crippen molar-refractivity contribution in [2.75, 3.05) is 0 Å². The normalized spacial score (nSPS) is 11.3. The SMILES string of the molecule is C(=Nc1ccccc1)c1cc2ccccn2n1. The zero-order valence-electron chi connectivity index (χ0n) is 9.19. The molecule has 2 heterocycles. The van der Waals surface area contributed by atoms with Crippen LogP contribution in [-0.2, 0) is 0 Å². The summed E-state index contributed by atoms with van der Waals surface area (Å²) in [5.74, 6) is 0. The Kier molecular flexibility index (Phi) is 2.43. The molecule has 2 aromatic heterocycles. The van der Waals surface area contributed by atoms with E-state index in [2.05, 4.69) is 10.1 Å². The molecule has 0 radical (unpaired) electrons. The van der Waals surface area contributed by atoms with Gasteiger partial charge in [-0.15, -0.1) is 0 Å². The van der Waals surface area contributed by atoms with E-state index in [1.165, 1.54) is 0 Å². The molecular weight excluding hydrogens is 210 g/mol. The van der Waals surface area contributed by atoms with Gasteiger partial charge in [-0.05, 0) is 30.3 Å². The van der Waals surface area contributed by atoms with Gasteiger partial charge in [-0.2, -0.15) is 5.10 Å². The summed E-state index contributed by atoms with van der Waals surface area (Å²) in [6.07, 6.45) is 3.71. The lowest BCUT2D eigenvalue weighted by molar-refractivity contribution is 0.956. The molecule has 0 atom stereocenters. The summed E-state index contributed by atoms with van der Waals surface area (Å²) in [7, 11) is 0. The summed E-state index contributed by atoms with van der Waals surface area (Å²) in [4.78, 5) is 4.37. The molecule has 0 N–H and O–H groups in total. The Hall–Kier alpha value is -2.42. The fourth-order valence-electron chi connectivity index (χ4n) is 1.68. The van der Waals surface area contributed by atoms with Crippen LogP contribution in [0.2, 0.25) is 0 Å². The summed E-state index contributed by atoms with van der Waals surface area (Å²) in [6, 6.07) is 17.8. The maximum Gasteiger partial charge on any atom is 0.104 e. The van der Waals surface area contributed by atoms with Crippen molar-refractivity contribution in [3.05, 3.63) is 66.5 Å². The van der Waals surface area contributed by atoms with Gasteiger partial charge in [0.1, 0.15) is 5.69 Å². The number of hydrogen-bond donors (Lipinski definition) is 0. The molecule has 0 aliphatic carbocycles. The largest absolute Gasteiger partial charge is 0.255 e. The van der Waals surface area contributed by atoms with Crippen LogP contribution in [0.5, 0.6) is 0 Å². The molecule has 3 rings (SSSR count). The molecule has 17 heavy (non-hydrogen) atoms. The molecule has 3 heteroatoms. The number of aromatic nitrogens is 2. The first-order valence-corrected chi connectivity index (χ1v) is 5.45. The van der Waals surface area contributed by atoms with Crippen molar-refractivity contribution in [3.8, 4) is 0 Å². The summed E-state index contributed by atoms with van der Waals surface area (Å²) in [5, 5.41) is 4.40. The quantitative estimate of drug-likeness (QED) is 0.611. The summed E-state index contributed by atoms with van der Waals surface area (Å²) >= 11 is 0. The minimum Gasteiger partial charge on any atom is -0.255 e. The molecular formula is C14H11N3. The first kappa shape index (κ1) is 9.78. The molecule has 0 spiro atoms. The van der Waals surface area contributed by atoms with Gasteiger partial charge in [0.25, 0.3) is 0 Å². The van der Waals surface area contributed by atoms with Crippen molar-refractivity contribution in [2.45, 2.75) is 0 Å². The minimum atomic E-state index is 0.861. The van der Waals surface area contributed by atoms with Gasteiger partial charge < -0.3 is 0 Å². The van der Waals surface area contributed by atoms with Crippen LogP contribution in [0.3, 0.4) is 0 Å². The third kappa shape index (κ3) is 2.08. The number of rotatable bonds is 2. The molecule has 0 aliphatic heterocycles. The Balaban J connectivity index is 1.92. The lowest BCUT2D eigenvalue weighted by Gasteiger charge is -1.89. The number of hydrogen-bond acceptors (Lipinski definition) is 2. The smallest absolute Gasteiger partial charge is 0.104 e. The highest BCUT2D eigenvalue weighted by atomic mass is 15.2. The van der Waals surface area contributed by atoms with Crippen LogP contribution in [0.1, 0.15) is 5.69 Å². The Labute approximate surface area is 99.1 Å². The molecule has 3 nitrogen and oxygen atoms in total. The second kappa shape index (κ2) is 4.22. The first-order chi connectivity index (χ1) is 8.42. The maximum absolute atomic E-state index is 4.40. The Morgan fingerprint density at radius 2 is 1.82 bits per heavy atom. The summed E-state index contributed by atoms with van der Waals surface area (Å²) in [6.45, 7) is 0. The molecule has 0 saturated heterocycles. The lowest BCUT2D eigenvalue weighted by atomic mass is 10.3. The monoisotopic (exact) mass is 221 g/mol. The van der Waals surface area contributed by atoms with E-state index >= 15 is 0 Å². The Bertz CT molecular complexity index is 620. The molecule has 3 aromatic rings. The van der Waals surface area contributed by atoms with Gasteiger partial charge in [0.2, 0.25) is 0 Å². The lowest BCUT2D eigenvalue weighted by Crippen LogP contribution is -1.86. The molecule has 0 fully saturated rings. The number of nitrogens with zero attached hydrogens (tertiary/aromatic N) is 3. The van der Waals surface area contributed by atoms with Gasteiger partial charge in [0.05, 0.1) is 17.4 Å². The van der Waals surface area contributed by atoms with Crippen molar-refractivity contribution < 1.29 is 0 Å². The molecule has 0 saturated carbocycles. The van der Waals surface area contributed by atoms with E-state index in [1.807, 2.05) is 65.3 Å². The third-order valence-corrected chi connectivity index (χ3v) is 2.49. The highest BCUT2D eigenvalue weighted by Crippen LogP contribution is 2.10. The van der Waals surface area contributed by atoms with E-state index in [1.54, 1.807) is 6.21 Å². The zero-order valence-corrected chi connectivity index (χ0v) is 9.19. The van der Waals surface area contributed by atoms with E-state index in [-0.39, 0.29) is 0 Å². The number of pyridine rings is 1. The van der Waals surface area contributed by atoms with Crippen molar-refractivity contribution in [2.24, 2.45) is 4.99 Å². The van der Waals surface area contributed by atoms with Crippen molar-refractivity contribution in [3.63, 3.8) is 0 Å². The second-order valence-electron chi connectivity index (χ2n) is 3.73. The molecule has 0 aliphatic rings. The van der Waals surface area contributed by atoms with Crippen LogP contribution in [0.15, 0.2) is 65.8 Å². The Morgan fingerprint density at radius 1 is 1.00 bits per heavy atom. The van der Waals surface area contributed by atoms with Crippen LogP contribution >= 0.6 is 0 Å². The number of aliphatic imine (C=N–C) groups is 1. The predicted molar refractivity (Wildman–Crippen MR) is 68.9 cm³/mol. The Morgan fingerprint density at radius 3 is 2.65 bits per heavy atom. The van der Waals surface area contributed by atoms with Crippen molar-refractivity contribution in [1.29, 1.82) is 0 Å². The van der Waals surface area contributed by atoms with E-state index < -0.39 is 0 Å². The van der Waals surface area contributed by atoms with Gasteiger partial charge in [-0.3, -0.25) is 4.99 Å². The fourth-order valence-corrected chi connectivity index (χ4v) is 1.68. The topological polar surface area (TPSA) is 29.7 Å². The standard InChI is InChI=1S/C14H11N3/c1-2-6-12(7-3-1)15-11-13-10-14-8-4-5-9-17(14)16-13/h1-11H.